The Kier molecular flexibility index (Phi) is 12.5. The van der Waals surface area contributed by atoms with Gasteiger partial charge in [-0.05, 0) is 0 Å². The van der Waals surface area contributed by atoms with Crippen molar-refractivity contribution >= 4 is 18.4 Å². The monoisotopic (exact) mass is 421 g/mol. The second-order valence-corrected chi connectivity index (χ2v) is 22.0. The van der Waals surface area contributed by atoms with Gasteiger partial charge in [-0.15, -0.1) is 0 Å². The normalized spacial score (nSPS) is 14.3. The van der Waals surface area contributed by atoms with E-state index in [1.807, 2.05) is 0 Å². The van der Waals surface area contributed by atoms with Crippen molar-refractivity contribution in [1.82, 2.24) is 0 Å². The Labute approximate surface area is 144 Å². The van der Waals surface area contributed by atoms with Crippen LogP contribution in [0.5, 0.6) is 0 Å². The van der Waals surface area contributed by atoms with Crippen LogP contribution in [0, 0.1) is 5.41 Å². The molecule has 0 heterocycles. The molecule has 0 unspecified atom stereocenters. The molecule has 0 bridgehead atoms. The summed E-state index contributed by atoms with van der Waals surface area (Å²) in [4.78, 5) is 0. The van der Waals surface area contributed by atoms with Crippen LogP contribution >= 0.6 is 0 Å². The van der Waals surface area contributed by atoms with Crippen LogP contribution in [0.25, 0.3) is 0 Å². The third-order valence-corrected chi connectivity index (χ3v) is 19.4. The quantitative estimate of drug-likeness (QED) is 0.385. The zero-order chi connectivity index (χ0) is 17.1. The van der Waals surface area contributed by atoms with E-state index in [0.717, 1.165) is 11.2 Å². The van der Waals surface area contributed by atoms with Crippen molar-refractivity contribution in [3.05, 3.63) is 0 Å². The van der Waals surface area contributed by atoms with Gasteiger partial charge in [-0.1, -0.05) is 0 Å². The first-order chi connectivity index (χ1) is 10.3. The molecule has 0 aliphatic heterocycles. The van der Waals surface area contributed by atoms with Gasteiger partial charge in [0.15, 0.2) is 0 Å². The van der Waals surface area contributed by atoms with Crippen LogP contribution in [0.4, 0.5) is 0 Å². The molecule has 134 valence electrons. The average Bonchev–Trinajstić information content (AvgIpc) is 2.47. The van der Waals surface area contributed by atoms with Gasteiger partial charge in [0, 0.05) is 0 Å². The SMILES string of the molecule is CCC[CH2][Sn]([CH2]CCC)([CH2]CCC)[CH2]OC[C@@H](N)C(C)(C)C. The zero-order valence-corrected chi connectivity index (χ0v) is 19.2. The molecule has 0 aromatic rings. The maximum absolute atomic E-state index is 6.28. The fraction of sp³-hybridized carbons (Fsp3) is 1.00. The van der Waals surface area contributed by atoms with E-state index in [4.69, 9.17) is 10.5 Å². The molecule has 2 nitrogen and oxygen atoms in total. The Hall–Kier alpha value is 0.719. The first-order valence-electron chi connectivity index (χ1n) is 9.64. The van der Waals surface area contributed by atoms with Crippen LogP contribution in [-0.2, 0) is 4.74 Å². The predicted octanol–water partition coefficient (Wildman–Crippen LogP) is 5.76. The predicted molar refractivity (Wildman–Crippen MR) is 103 cm³/mol. The topological polar surface area (TPSA) is 35.2 Å². The third-order valence-electron chi connectivity index (χ3n) is 5.00. The van der Waals surface area contributed by atoms with Gasteiger partial charge in [0.2, 0.25) is 0 Å². The van der Waals surface area contributed by atoms with Crippen LogP contribution in [-0.4, -0.2) is 35.6 Å². The molecule has 0 aromatic heterocycles. The van der Waals surface area contributed by atoms with Crippen molar-refractivity contribution in [3.8, 4) is 0 Å². The third kappa shape index (κ3) is 9.77. The molecule has 2 N–H and O–H groups in total. The molecule has 3 heteroatoms. The van der Waals surface area contributed by atoms with Crippen LogP contribution in [0.3, 0.4) is 0 Å². The number of ether oxygens (including phenoxy) is 1. The van der Waals surface area contributed by atoms with Crippen molar-refractivity contribution in [1.29, 1.82) is 0 Å². The molecule has 0 amide bonds. The van der Waals surface area contributed by atoms with E-state index in [2.05, 4.69) is 41.5 Å². The molecule has 0 radical (unpaired) electrons. The average molecular weight is 420 g/mol. The summed E-state index contributed by atoms with van der Waals surface area (Å²) in [5.74, 6) is 0. The van der Waals surface area contributed by atoms with Gasteiger partial charge < -0.3 is 0 Å². The number of rotatable bonds is 13. The minimum atomic E-state index is -2.11. The number of hydrogen-bond acceptors (Lipinski definition) is 2. The Balaban J connectivity index is 4.64. The van der Waals surface area contributed by atoms with Gasteiger partial charge in [-0.2, -0.15) is 0 Å². The fourth-order valence-corrected chi connectivity index (χ4v) is 17.3. The number of hydrogen-bond donors (Lipinski definition) is 1. The number of unbranched alkanes of at least 4 members (excludes halogenated alkanes) is 3. The van der Waals surface area contributed by atoms with Crippen molar-refractivity contribution in [2.45, 2.75) is 99.4 Å². The van der Waals surface area contributed by atoms with E-state index in [1.165, 1.54) is 51.8 Å². The van der Waals surface area contributed by atoms with Gasteiger partial charge >= 0.3 is 145 Å². The van der Waals surface area contributed by atoms with E-state index in [0.29, 0.717) is 0 Å². The Morgan fingerprint density at radius 2 is 1.27 bits per heavy atom. The fourth-order valence-electron chi connectivity index (χ4n) is 2.90. The van der Waals surface area contributed by atoms with Gasteiger partial charge in [0.25, 0.3) is 0 Å². The molecule has 0 aliphatic rings. The summed E-state index contributed by atoms with van der Waals surface area (Å²) in [5.41, 5.74) is 6.43. The molecule has 22 heavy (non-hydrogen) atoms. The molecular weight excluding hydrogens is 377 g/mol. The second kappa shape index (κ2) is 12.1. The molecule has 0 saturated heterocycles. The Morgan fingerprint density at radius 3 is 1.59 bits per heavy atom. The molecule has 0 aromatic carbocycles. The molecule has 0 saturated carbocycles. The molecule has 0 aliphatic carbocycles. The summed E-state index contributed by atoms with van der Waals surface area (Å²) >= 11 is -2.11. The maximum atomic E-state index is 6.28. The summed E-state index contributed by atoms with van der Waals surface area (Å²) in [5, 5.41) is 0. The summed E-state index contributed by atoms with van der Waals surface area (Å²) in [6, 6.07) is 0.153. The summed E-state index contributed by atoms with van der Waals surface area (Å²) in [6.45, 7) is 14.4. The van der Waals surface area contributed by atoms with Crippen LogP contribution < -0.4 is 5.73 Å². The minimum absolute atomic E-state index is 0.147. The van der Waals surface area contributed by atoms with E-state index in [-0.39, 0.29) is 11.5 Å². The van der Waals surface area contributed by atoms with Gasteiger partial charge in [0.1, 0.15) is 0 Å². The van der Waals surface area contributed by atoms with Crippen molar-refractivity contribution in [2.75, 3.05) is 11.2 Å². The summed E-state index contributed by atoms with van der Waals surface area (Å²) < 4.78 is 11.9. The van der Waals surface area contributed by atoms with E-state index < -0.39 is 18.4 Å². The molecule has 0 rings (SSSR count). The summed E-state index contributed by atoms with van der Waals surface area (Å²) in [7, 11) is 0. The van der Waals surface area contributed by atoms with Crippen molar-refractivity contribution in [2.24, 2.45) is 11.1 Å². The van der Waals surface area contributed by atoms with Crippen LogP contribution in [0.2, 0.25) is 13.3 Å². The summed E-state index contributed by atoms with van der Waals surface area (Å²) in [6.07, 6.45) is 8.24. The van der Waals surface area contributed by atoms with E-state index in [9.17, 15) is 0 Å². The molecule has 0 fully saturated rings. The van der Waals surface area contributed by atoms with E-state index in [1.54, 1.807) is 0 Å². The van der Waals surface area contributed by atoms with Gasteiger partial charge in [-0.3, -0.25) is 0 Å². The Bertz CT molecular complexity index is 241. The first-order valence-corrected chi connectivity index (χ1v) is 17.7. The van der Waals surface area contributed by atoms with Crippen molar-refractivity contribution in [3.63, 3.8) is 0 Å². The van der Waals surface area contributed by atoms with Crippen LogP contribution in [0.15, 0.2) is 0 Å². The first kappa shape index (κ1) is 22.7. The van der Waals surface area contributed by atoms with Gasteiger partial charge in [0.05, 0.1) is 0 Å². The van der Waals surface area contributed by atoms with Crippen molar-refractivity contribution < 1.29 is 4.74 Å². The molecule has 0 spiro atoms. The second-order valence-electron chi connectivity index (χ2n) is 8.30. The Morgan fingerprint density at radius 1 is 0.864 bits per heavy atom. The number of nitrogens with two attached hydrogens (primary N) is 1. The zero-order valence-electron chi connectivity index (χ0n) is 16.3. The van der Waals surface area contributed by atoms with E-state index >= 15 is 0 Å². The van der Waals surface area contributed by atoms with Gasteiger partial charge in [-0.25, -0.2) is 0 Å². The molecule has 1 atom stereocenters. The van der Waals surface area contributed by atoms with Crippen LogP contribution in [0.1, 0.15) is 80.1 Å². The molecular formula is C19H43NOSn. The standard InChI is InChI=1S/C7H16NO.3C4H9.Sn/c1-7(2,3)6(8)5-9-4;3*1-3-4-2;/h6H,4-5,8H2,1-3H3;3*1,3-4H2,2H3;/t6-;;;;/m1..../s1.